The molecule has 4 atom stereocenters. The smallest absolute Gasteiger partial charge is 0.414 e. The molecule has 4 unspecified atom stereocenters. The van der Waals surface area contributed by atoms with Crippen LogP contribution in [0.3, 0.4) is 0 Å². The van der Waals surface area contributed by atoms with E-state index in [9.17, 15) is 9.59 Å². The van der Waals surface area contributed by atoms with Gasteiger partial charge in [0.15, 0.2) is 0 Å². The Morgan fingerprint density at radius 1 is 1.24 bits per heavy atom. The molecular weight excluding hydrogens is 270 g/mol. The summed E-state index contributed by atoms with van der Waals surface area (Å²) in [4.78, 5) is 25.5. The third-order valence-electron chi connectivity index (χ3n) is 5.29. The summed E-state index contributed by atoms with van der Waals surface area (Å²) in [6.45, 7) is 11.4. The lowest BCUT2D eigenvalue weighted by Crippen LogP contribution is -2.46. The van der Waals surface area contributed by atoms with Gasteiger partial charge in [-0.25, -0.2) is 4.79 Å². The number of amides is 1. The number of esters is 1. The van der Waals surface area contributed by atoms with Crippen LogP contribution in [0.25, 0.3) is 0 Å². The van der Waals surface area contributed by atoms with E-state index in [1.165, 1.54) is 6.26 Å². The summed E-state index contributed by atoms with van der Waals surface area (Å²) in [7, 11) is 0. The van der Waals surface area contributed by atoms with Gasteiger partial charge in [0, 0.05) is 19.5 Å². The van der Waals surface area contributed by atoms with Crippen molar-refractivity contribution in [2.24, 2.45) is 29.6 Å². The largest absolute Gasteiger partial charge is 0.466 e. The van der Waals surface area contributed by atoms with E-state index in [1.807, 2.05) is 6.92 Å². The highest BCUT2D eigenvalue weighted by Crippen LogP contribution is 2.50. The molecule has 1 aliphatic carbocycles. The Morgan fingerprint density at radius 2 is 1.81 bits per heavy atom. The van der Waals surface area contributed by atoms with Crippen LogP contribution >= 0.6 is 0 Å². The van der Waals surface area contributed by atoms with Crippen molar-refractivity contribution in [1.82, 2.24) is 4.90 Å². The van der Waals surface area contributed by atoms with E-state index in [1.54, 1.807) is 4.90 Å². The zero-order valence-corrected chi connectivity index (χ0v) is 13.1. The first kappa shape index (κ1) is 15.9. The number of hydrogen-bond donors (Lipinski definition) is 0. The van der Waals surface area contributed by atoms with Crippen molar-refractivity contribution < 1.29 is 19.1 Å². The predicted octanol–water partition coefficient (Wildman–Crippen LogP) is 2.67. The van der Waals surface area contributed by atoms with Gasteiger partial charge in [-0.15, -0.1) is 0 Å². The summed E-state index contributed by atoms with van der Waals surface area (Å²) in [5, 5.41) is 0. The highest BCUT2D eigenvalue weighted by atomic mass is 16.5. The molecule has 0 aromatic carbocycles. The molecule has 1 saturated heterocycles. The molecule has 0 aromatic rings. The van der Waals surface area contributed by atoms with Gasteiger partial charge in [-0.05, 0) is 36.5 Å². The van der Waals surface area contributed by atoms with Gasteiger partial charge in [0.2, 0.25) is 0 Å². The highest BCUT2D eigenvalue weighted by molar-refractivity contribution is 5.70. The Morgan fingerprint density at radius 3 is 2.29 bits per heavy atom. The lowest BCUT2D eigenvalue weighted by Gasteiger charge is -2.37. The molecule has 1 amide bonds. The fraction of sp³-hybridized carbons (Fsp3) is 0.750. The van der Waals surface area contributed by atoms with Gasteiger partial charge in [0.1, 0.15) is 0 Å². The second-order valence-corrected chi connectivity index (χ2v) is 6.17. The molecule has 0 N–H and O–H groups in total. The van der Waals surface area contributed by atoms with E-state index in [4.69, 9.17) is 9.47 Å². The van der Waals surface area contributed by atoms with Crippen LogP contribution in [0.1, 0.15) is 27.2 Å². The average molecular weight is 295 g/mol. The summed E-state index contributed by atoms with van der Waals surface area (Å²) >= 11 is 0. The van der Waals surface area contributed by atoms with Crippen LogP contribution in [0, 0.1) is 29.6 Å². The first-order valence-corrected chi connectivity index (χ1v) is 7.71. The fourth-order valence-electron chi connectivity index (χ4n) is 4.07. The van der Waals surface area contributed by atoms with Gasteiger partial charge in [0.05, 0.1) is 12.9 Å². The molecular formula is C16H25NO4. The molecule has 1 heterocycles. The van der Waals surface area contributed by atoms with Crippen molar-refractivity contribution in [3.05, 3.63) is 12.8 Å². The Kier molecular flexibility index (Phi) is 4.91. The summed E-state index contributed by atoms with van der Waals surface area (Å²) in [6.07, 6.45) is 1.29. The second kappa shape index (κ2) is 6.50. The molecule has 0 aromatic heterocycles. The molecule has 2 fully saturated rings. The summed E-state index contributed by atoms with van der Waals surface area (Å²) in [6, 6.07) is 0. The standard InChI is InChI=1S/C16H25NO4/c1-5-20-15(18)7-12-13-8-17(16(19)21-6-2)9-14(12)11(4)10(13)3/h6,10-14H,2,5,7-9H2,1,3-4H3. The van der Waals surface area contributed by atoms with Crippen LogP contribution in [0.15, 0.2) is 12.8 Å². The molecule has 118 valence electrons. The number of hydrogen-bond acceptors (Lipinski definition) is 4. The van der Waals surface area contributed by atoms with Gasteiger partial charge < -0.3 is 14.4 Å². The molecule has 5 heteroatoms. The maximum absolute atomic E-state index is 11.9. The minimum absolute atomic E-state index is 0.124. The monoisotopic (exact) mass is 295 g/mol. The zero-order valence-electron chi connectivity index (χ0n) is 13.1. The Labute approximate surface area is 126 Å². The van der Waals surface area contributed by atoms with E-state index in [2.05, 4.69) is 20.4 Å². The van der Waals surface area contributed by atoms with Crippen LogP contribution in [0.5, 0.6) is 0 Å². The number of nitrogens with zero attached hydrogens (tertiary/aromatic N) is 1. The predicted molar refractivity (Wildman–Crippen MR) is 78.3 cm³/mol. The molecule has 2 aliphatic rings. The van der Waals surface area contributed by atoms with Gasteiger partial charge >= 0.3 is 12.1 Å². The number of fused-ring (bicyclic) bond motifs is 2. The molecule has 2 bridgehead atoms. The van der Waals surface area contributed by atoms with E-state index >= 15 is 0 Å². The molecule has 0 radical (unpaired) electrons. The number of carbonyl (C=O) groups excluding carboxylic acids is 2. The summed E-state index contributed by atoms with van der Waals surface area (Å²) < 4.78 is 9.99. The van der Waals surface area contributed by atoms with Gasteiger partial charge in [-0.1, -0.05) is 20.4 Å². The quantitative estimate of drug-likeness (QED) is 0.591. The SMILES string of the molecule is C=COC(=O)N1CC2C(C)C(C)C(C1)C2CC(=O)OCC. The highest BCUT2D eigenvalue weighted by Gasteiger charge is 2.52. The minimum Gasteiger partial charge on any atom is -0.466 e. The number of piperidine rings is 1. The molecule has 0 spiro atoms. The lowest BCUT2D eigenvalue weighted by atomic mass is 9.81. The Balaban J connectivity index is 2.08. The maximum Gasteiger partial charge on any atom is 0.414 e. The summed E-state index contributed by atoms with van der Waals surface area (Å²) in [5.41, 5.74) is 0. The van der Waals surface area contributed by atoms with E-state index in [0.29, 0.717) is 55.7 Å². The average Bonchev–Trinajstić information content (AvgIpc) is 2.58. The Bertz CT molecular complexity index is 405. The fourth-order valence-corrected chi connectivity index (χ4v) is 4.07. The first-order chi connectivity index (χ1) is 9.99. The van der Waals surface area contributed by atoms with Crippen molar-refractivity contribution in [3.8, 4) is 0 Å². The molecule has 5 nitrogen and oxygen atoms in total. The summed E-state index contributed by atoms with van der Waals surface area (Å²) in [5.74, 6) is 1.84. The lowest BCUT2D eigenvalue weighted by molar-refractivity contribution is -0.145. The van der Waals surface area contributed by atoms with E-state index in [0.717, 1.165) is 0 Å². The van der Waals surface area contributed by atoms with Crippen molar-refractivity contribution in [2.75, 3.05) is 19.7 Å². The Hall–Kier alpha value is -1.52. The van der Waals surface area contributed by atoms with Crippen LogP contribution in [0.2, 0.25) is 0 Å². The van der Waals surface area contributed by atoms with Crippen LogP contribution < -0.4 is 0 Å². The number of likely N-dealkylation sites (tertiary alicyclic amines) is 1. The van der Waals surface area contributed by atoms with Crippen LogP contribution in [0.4, 0.5) is 4.79 Å². The van der Waals surface area contributed by atoms with E-state index in [-0.39, 0.29) is 12.1 Å². The van der Waals surface area contributed by atoms with E-state index < -0.39 is 0 Å². The normalized spacial score (nSPS) is 34.4. The van der Waals surface area contributed by atoms with Crippen molar-refractivity contribution in [2.45, 2.75) is 27.2 Å². The maximum atomic E-state index is 11.9. The van der Waals surface area contributed by atoms with Crippen LogP contribution in [-0.4, -0.2) is 36.7 Å². The van der Waals surface area contributed by atoms with Gasteiger partial charge in [-0.3, -0.25) is 4.79 Å². The minimum atomic E-state index is -0.337. The number of carbonyl (C=O) groups is 2. The second-order valence-electron chi connectivity index (χ2n) is 6.17. The third-order valence-corrected chi connectivity index (χ3v) is 5.29. The van der Waals surface area contributed by atoms with Gasteiger partial charge in [0.25, 0.3) is 0 Å². The van der Waals surface area contributed by atoms with Crippen molar-refractivity contribution in [3.63, 3.8) is 0 Å². The molecule has 2 rings (SSSR count). The molecule has 21 heavy (non-hydrogen) atoms. The van der Waals surface area contributed by atoms with Gasteiger partial charge in [-0.2, -0.15) is 0 Å². The topological polar surface area (TPSA) is 55.8 Å². The molecule has 1 saturated carbocycles. The number of rotatable bonds is 4. The van der Waals surface area contributed by atoms with Crippen molar-refractivity contribution in [1.29, 1.82) is 0 Å². The number of ether oxygens (including phenoxy) is 2. The first-order valence-electron chi connectivity index (χ1n) is 7.71. The van der Waals surface area contributed by atoms with Crippen LogP contribution in [-0.2, 0) is 14.3 Å². The molecule has 1 aliphatic heterocycles. The third kappa shape index (κ3) is 3.06. The zero-order chi connectivity index (χ0) is 15.6. The van der Waals surface area contributed by atoms with Crippen molar-refractivity contribution >= 4 is 12.1 Å².